The molecule has 0 spiro atoms. The highest BCUT2D eigenvalue weighted by atomic mass is 35.7. The Balaban J connectivity index is 1.83. The van der Waals surface area contributed by atoms with Crippen LogP contribution in [0.2, 0.25) is 0 Å². The number of nitrogens with zero attached hydrogens (tertiary/aromatic N) is 1. The fourth-order valence-electron chi connectivity index (χ4n) is 2.60. The lowest BCUT2D eigenvalue weighted by molar-refractivity contribution is 0.123. The summed E-state index contributed by atoms with van der Waals surface area (Å²) in [7, 11) is 1.19. The summed E-state index contributed by atoms with van der Waals surface area (Å²) >= 11 is 0. The second-order valence-electron chi connectivity index (χ2n) is 4.42. The summed E-state index contributed by atoms with van der Waals surface area (Å²) < 4.78 is 25.9. The van der Waals surface area contributed by atoms with E-state index in [0.29, 0.717) is 24.9 Å². The van der Waals surface area contributed by atoms with Crippen molar-refractivity contribution in [2.45, 2.75) is 19.3 Å². The Morgan fingerprint density at radius 1 is 1.31 bits per heavy atom. The zero-order chi connectivity index (χ0) is 11.8. The van der Waals surface area contributed by atoms with Gasteiger partial charge in [0.15, 0.2) is 0 Å². The van der Waals surface area contributed by atoms with Crippen LogP contribution < -0.4 is 0 Å². The molecule has 0 bridgehead atoms. The second-order valence-corrected chi connectivity index (χ2v) is 7.15. The maximum atomic E-state index is 11.5. The average Bonchev–Trinajstić information content (AvgIpc) is 2.71. The molecule has 16 heavy (non-hydrogen) atoms. The molecule has 2 unspecified atom stereocenters. The molecule has 0 aromatic heterocycles. The van der Waals surface area contributed by atoms with E-state index in [2.05, 4.69) is 4.74 Å². The second kappa shape index (κ2) is 4.41. The lowest BCUT2D eigenvalue weighted by atomic mass is 10.0. The van der Waals surface area contributed by atoms with Gasteiger partial charge < -0.3 is 9.64 Å². The van der Waals surface area contributed by atoms with Crippen molar-refractivity contribution in [2.75, 3.05) is 19.0 Å². The first-order valence-electron chi connectivity index (χ1n) is 5.30. The van der Waals surface area contributed by atoms with E-state index in [1.165, 1.54) is 6.42 Å². The molecule has 1 heterocycles. The van der Waals surface area contributed by atoms with Crippen LogP contribution in [0.15, 0.2) is 0 Å². The Morgan fingerprint density at radius 2 is 1.88 bits per heavy atom. The van der Waals surface area contributed by atoms with Crippen molar-refractivity contribution in [3.05, 3.63) is 0 Å². The minimum atomic E-state index is -3.76. The van der Waals surface area contributed by atoms with Gasteiger partial charge in [0.05, 0.1) is 0 Å². The lowest BCUT2D eigenvalue weighted by Gasteiger charge is -2.16. The number of halogens is 1. The van der Waals surface area contributed by atoms with Crippen molar-refractivity contribution in [1.82, 2.24) is 4.90 Å². The molecule has 2 rings (SSSR count). The predicted octanol–water partition coefficient (Wildman–Crippen LogP) is 1.38. The van der Waals surface area contributed by atoms with Gasteiger partial charge in [0.1, 0.15) is 0 Å². The zero-order valence-corrected chi connectivity index (χ0v) is 10.3. The minimum absolute atomic E-state index is 0.570. The molecule has 0 aromatic carbocycles. The number of hydrogen-bond acceptors (Lipinski definition) is 4. The smallest absolute Gasteiger partial charge is 0.410 e. The number of carbonyl (C=O) groups excluding carboxylic acids is 1. The van der Waals surface area contributed by atoms with Crippen molar-refractivity contribution >= 4 is 25.8 Å². The molecule has 1 saturated carbocycles. The first-order valence-corrected chi connectivity index (χ1v) is 7.77. The van der Waals surface area contributed by atoms with Crippen molar-refractivity contribution in [3.63, 3.8) is 0 Å². The van der Waals surface area contributed by atoms with Gasteiger partial charge in [0.2, 0.25) is 5.94 Å². The van der Waals surface area contributed by atoms with Crippen LogP contribution in [0, 0.1) is 11.8 Å². The highest BCUT2D eigenvalue weighted by Crippen LogP contribution is 2.37. The average molecular weight is 268 g/mol. The Kier molecular flexibility index (Phi) is 3.30. The molecule has 1 amide bonds. The van der Waals surface area contributed by atoms with Crippen LogP contribution in [0.25, 0.3) is 0 Å². The minimum Gasteiger partial charge on any atom is -0.432 e. The van der Waals surface area contributed by atoms with Gasteiger partial charge in [0, 0.05) is 23.8 Å². The van der Waals surface area contributed by atoms with Gasteiger partial charge in [-0.25, -0.2) is 13.2 Å². The van der Waals surface area contributed by atoms with Crippen molar-refractivity contribution in [2.24, 2.45) is 11.8 Å². The molecule has 0 N–H and O–H groups in total. The van der Waals surface area contributed by atoms with Crippen LogP contribution >= 0.6 is 10.7 Å². The number of carbonyl (C=O) groups is 1. The third-order valence-electron chi connectivity index (χ3n) is 3.31. The van der Waals surface area contributed by atoms with Gasteiger partial charge >= 0.3 is 6.09 Å². The van der Waals surface area contributed by atoms with Crippen LogP contribution in [0.1, 0.15) is 19.3 Å². The molecule has 0 radical (unpaired) electrons. The van der Waals surface area contributed by atoms with Gasteiger partial charge in [-0.3, -0.25) is 0 Å². The van der Waals surface area contributed by atoms with E-state index in [0.717, 1.165) is 12.8 Å². The fraction of sp³-hybridized carbons (Fsp3) is 0.889. The molecule has 5 nitrogen and oxygen atoms in total. The molecule has 0 aromatic rings. The molecule has 7 heteroatoms. The summed E-state index contributed by atoms with van der Waals surface area (Å²) in [6.45, 7) is 1.37. The standard InChI is InChI=1S/C9H14ClNO4S/c10-16(13,14)6-15-9(12)11-4-7-2-1-3-8(7)5-11/h7-8H,1-6H2. The molecule has 2 fully saturated rings. The normalized spacial score (nSPS) is 29.2. The first kappa shape index (κ1) is 12.0. The lowest BCUT2D eigenvalue weighted by Crippen LogP contribution is -2.31. The van der Waals surface area contributed by atoms with Crippen LogP contribution in [0.4, 0.5) is 4.79 Å². The van der Waals surface area contributed by atoms with Crippen LogP contribution in [0.3, 0.4) is 0 Å². The third kappa shape index (κ3) is 2.79. The largest absolute Gasteiger partial charge is 0.432 e. The maximum absolute atomic E-state index is 11.5. The van der Waals surface area contributed by atoms with Crippen LogP contribution in [0.5, 0.6) is 0 Å². The van der Waals surface area contributed by atoms with Crippen LogP contribution in [-0.2, 0) is 13.8 Å². The van der Waals surface area contributed by atoms with Crippen molar-refractivity contribution < 1.29 is 17.9 Å². The summed E-state index contributed by atoms with van der Waals surface area (Å²) in [5.74, 6) is 0.388. The van der Waals surface area contributed by atoms with E-state index >= 15 is 0 Å². The quantitative estimate of drug-likeness (QED) is 0.709. The van der Waals surface area contributed by atoms with E-state index in [1.807, 2.05) is 0 Å². The number of hydrogen-bond donors (Lipinski definition) is 0. The van der Waals surface area contributed by atoms with E-state index in [1.54, 1.807) is 4.90 Å². The van der Waals surface area contributed by atoms with E-state index in [9.17, 15) is 13.2 Å². The molecule has 92 valence electrons. The fourth-order valence-corrected chi connectivity index (χ4v) is 2.97. The highest BCUT2D eigenvalue weighted by molar-refractivity contribution is 8.13. The van der Waals surface area contributed by atoms with Gasteiger partial charge in [-0.2, -0.15) is 0 Å². The summed E-state index contributed by atoms with van der Waals surface area (Å²) in [4.78, 5) is 13.1. The van der Waals surface area contributed by atoms with E-state index < -0.39 is 21.1 Å². The summed E-state index contributed by atoms with van der Waals surface area (Å²) in [6, 6.07) is 0. The molecule has 1 saturated heterocycles. The number of amides is 1. The van der Waals surface area contributed by atoms with Gasteiger partial charge in [-0.05, 0) is 24.7 Å². The van der Waals surface area contributed by atoms with E-state index in [4.69, 9.17) is 10.7 Å². The van der Waals surface area contributed by atoms with Gasteiger partial charge in [-0.15, -0.1) is 0 Å². The first-order chi connectivity index (χ1) is 7.46. The number of likely N-dealkylation sites (tertiary alicyclic amines) is 1. The summed E-state index contributed by atoms with van der Waals surface area (Å²) in [6.07, 6.45) is 2.97. The van der Waals surface area contributed by atoms with Crippen LogP contribution in [-0.4, -0.2) is 38.4 Å². The Bertz CT molecular complexity index is 371. The Labute approximate surface area is 99.1 Å². The van der Waals surface area contributed by atoms with Gasteiger partial charge in [0.25, 0.3) is 9.05 Å². The number of rotatable bonds is 2. The topological polar surface area (TPSA) is 63.7 Å². The Hall–Kier alpha value is -0.490. The van der Waals surface area contributed by atoms with E-state index in [-0.39, 0.29) is 0 Å². The maximum Gasteiger partial charge on any atom is 0.410 e. The SMILES string of the molecule is O=C(OCS(=O)(=O)Cl)N1CC2CCCC2C1. The third-order valence-corrected chi connectivity index (χ3v) is 3.97. The van der Waals surface area contributed by atoms with Crippen molar-refractivity contribution in [1.29, 1.82) is 0 Å². The molecule has 2 atom stereocenters. The molecule has 1 aliphatic heterocycles. The number of fused-ring (bicyclic) bond motifs is 1. The van der Waals surface area contributed by atoms with Crippen molar-refractivity contribution in [3.8, 4) is 0 Å². The molecule has 2 aliphatic rings. The Morgan fingerprint density at radius 3 is 2.38 bits per heavy atom. The molecular formula is C9H14ClNO4S. The molecule has 1 aliphatic carbocycles. The summed E-state index contributed by atoms with van der Waals surface area (Å²) in [5.41, 5.74) is 0. The predicted molar refractivity (Wildman–Crippen MR) is 58.5 cm³/mol. The zero-order valence-electron chi connectivity index (χ0n) is 8.76. The molecular weight excluding hydrogens is 254 g/mol. The summed E-state index contributed by atoms with van der Waals surface area (Å²) in [5, 5.41) is 0. The monoisotopic (exact) mass is 267 g/mol. The highest BCUT2D eigenvalue weighted by Gasteiger charge is 2.38. The number of ether oxygens (including phenoxy) is 1. The van der Waals surface area contributed by atoms with Gasteiger partial charge in [-0.1, -0.05) is 6.42 Å².